The number of hydrogen-bond donors (Lipinski definition) is 3. The van der Waals surface area contributed by atoms with Crippen molar-refractivity contribution in [2.45, 2.75) is 12.5 Å². The molecule has 0 radical (unpaired) electrons. The van der Waals surface area contributed by atoms with E-state index in [1.54, 1.807) is 18.2 Å². The van der Waals surface area contributed by atoms with E-state index in [9.17, 15) is 14.8 Å². The maximum absolute atomic E-state index is 10.8. The van der Waals surface area contributed by atoms with Gasteiger partial charge < -0.3 is 10.8 Å². The molecule has 0 spiro atoms. The second-order valence-electron chi connectivity index (χ2n) is 3.20. The zero-order valence-corrected chi connectivity index (χ0v) is 8.41. The van der Waals surface area contributed by atoms with E-state index in [1.807, 2.05) is 0 Å². The third-order valence-corrected chi connectivity index (χ3v) is 2.00. The highest BCUT2D eigenvalue weighted by atomic mass is 16.5. The van der Waals surface area contributed by atoms with E-state index in [-0.39, 0.29) is 5.69 Å². The lowest BCUT2D eigenvalue weighted by atomic mass is 10.2. The molecule has 0 aromatic heterocycles. The van der Waals surface area contributed by atoms with Gasteiger partial charge in [-0.3, -0.25) is 10.0 Å². The molecule has 1 unspecified atom stereocenters. The van der Waals surface area contributed by atoms with Crippen LogP contribution in [0.5, 0.6) is 0 Å². The fourth-order valence-corrected chi connectivity index (χ4v) is 1.23. The molecule has 1 aromatic rings. The van der Waals surface area contributed by atoms with Crippen molar-refractivity contribution >= 4 is 17.6 Å². The lowest BCUT2D eigenvalue weighted by molar-refractivity contribution is -0.142. The van der Waals surface area contributed by atoms with Gasteiger partial charge in [-0.05, 0) is 12.1 Å². The summed E-state index contributed by atoms with van der Waals surface area (Å²) in [5.74, 6) is -2.10. The first-order chi connectivity index (χ1) is 7.52. The van der Waals surface area contributed by atoms with Crippen LogP contribution in [0, 0.1) is 0 Å². The number of para-hydroxylation sites is 1. The van der Waals surface area contributed by atoms with Gasteiger partial charge >= 0.3 is 5.97 Å². The SMILES string of the molecule is NC(=O)CC(C(=O)O)N(O)c1ccccc1. The Morgan fingerprint density at radius 1 is 1.31 bits per heavy atom. The summed E-state index contributed by atoms with van der Waals surface area (Å²) in [5, 5.41) is 19.0. The van der Waals surface area contributed by atoms with E-state index in [0.29, 0.717) is 5.06 Å². The Morgan fingerprint density at radius 2 is 1.88 bits per heavy atom. The predicted octanol–water partition coefficient (Wildman–Crippen LogP) is 0.211. The van der Waals surface area contributed by atoms with E-state index in [0.717, 1.165) is 0 Å². The second-order valence-corrected chi connectivity index (χ2v) is 3.20. The van der Waals surface area contributed by atoms with Crippen molar-refractivity contribution in [3.63, 3.8) is 0 Å². The first-order valence-corrected chi connectivity index (χ1v) is 4.56. The quantitative estimate of drug-likeness (QED) is 0.620. The lowest BCUT2D eigenvalue weighted by Gasteiger charge is -2.23. The average molecular weight is 224 g/mol. The topological polar surface area (TPSA) is 104 Å². The maximum atomic E-state index is 10.8. The Hall–Kier alpha value is -2.08. The highest BCUT2D eigenvalue weighted by Gasteiger charge is 2.26. The molecule has 0 heterocycles. The Kier molecular flexibility index (Phi) is 3.84. The summed E-state index contributed by atoms with van der Waals surface area (Å²) in [5.41, 5.74) is 5.20. The summed E-state index contributed by atoms with van der Waals surface area (Å²) in [4.78, 5) is 21.5. The van der Waals surface area contributed by atoms with Crippen LogP contribution in [0.3, 0.4) is 0 Å². The monoisotopic (exact) mass is 224 g/mol. The summed E-state index contributed by atoms with van der Waals surface area (Å²) < 4.78 is 0. The molecule has 4 N–H and O–H groups in total. The van der Waals surface area contributed by atoms with Gasteiger partial charge in [0.1, 0.15) is 0 Å². The Labute approximate surface area is 91.9 Å². The number of primary amides is 1. The number of benzene rings is 1. The van der Waals surface area contributed by atoms with Gasteiger partial charge in [-0.25, -0.2) is 9.86 Å². The lowest BCUT2D eigenvalue weighted by Crippen LogP contribution is -2.41. The van der Waals surface area contributed by atoms with Crippen LogP contribution in [0.15, 0.2) is 30.3 Å². The molecule has 6 nitrogen and oxygen atoms in total. The van der Waals surface area contributed by atoms with Gasteiger partial charge in [-0.2, -0.15) is 0 Å². The normalized spacial score (nSPS) is 11.8. The highest BCUT2D eigenvalue weighted by Crippen LogP contribution is 2.15. The number of hydrogen-bond acceptors (Lipinski definition) is 4. The van der Waals surface area contributed by atoms with Gasteiger partial charge in [0.25, 0.3) is 0 Å². The highest BCUT2D eigenvalue weighted by molar-refractivity contribution is 5.85. The van der Waals surface area contributed by atoms with E-state index in [1.165, 1.54) is 12.1 Å². The van der Waals surface area contributed by atoms with Crippen LogP contribution in [0.1, 0.15) is 6.42 Å². The van der Waals surface area contributed by atoms with Crippen molar-refractivity contribution in [3.05, 3.63) is 30.3 Å². The number of amides is 1. The number of nitrogens with zero attached hydrogens (tertiary/aromatic N) is 1. The van der Waals surface area contributed by atoms with Crippen LogP contribution in [0.25, 0.3) is 0 Å². The molecular weight excluding hydrogens is 212 g/mol. The van der Waals surface area contributed by atoms with Gasteiger partial charge in [0, 0.05) is 0 Å². The van der Waals surface area contributed by atoms with E-state index < -0.39 is 24.3 Å². The Balaban J connectivity index is 2.87. The van der Waals surface area contributed by atoms with E-state index >= 15 is 0 Å². The standard InChI is InChI=1S/C10H12N2O4/c11-9(13)6-8(10(14)15)12(16)7-4-2-1-3-5-7/h1-5,8,16H,6H2,(H2,11,13)(H,14,15). The summed E-state index contributed by atoms with van der Waals surface area (Å²) in [6.45, 7) is 0. The Morgan fingerprint density at radius 3 is 2.31 bits per heavy atom. The minimum atomic E-state index is -1.38. The first kappa shape index (κ1) is 12.0. The minimum absolute atomic E-state index is 0.288. The van der Waals surface area contributed by atoms with Crippen LogP contribution < -0.4 is 10.8 Å². The fourth-order valence-electron chi connectivity index (χ4n) is 1.23. The molecule has 0 fully saturated rings. The minimum Gasteiger partial charge on any atom is -0.480 e. The molecule has 0 aliphatic heterocycles. The number of rotatable bonds is 5. The van der Waals surface area contributed by atoms with Crippen molar-refractivity contribution in [2.75, 3.05) is 5.06 Å². The molecule has 0 saturated heterocycles. The van der Waals surface area contributed by atoms with Crippen LogP contribution in [0.4, 0.5) is 5.69 Å². The van der Waals surface area contributed by atoms with E-state index in [2.05, 4.69) is 0 Å². The molecule has 0 aliphatic carbocycles. The first-order valence-electron chi connectivity index (χ1n) is 4.56. The van der Waals surface area contributed by atoms with Crippen LogP contribution in [-0.2, 0) is 9.59 Å². The van der Waals surface area contributed by atoms with Crippen LogP contribution >= 0.6 is 0 Å². The number of carbonyl (C=O) groups is 2. The number of carbonyl (C=O) groups excluding carboxylic acids is 1. The number of carboxylic acid groups (broad SMARTS) is 1. The molecule has 16 heavy (non-hydrogen) atoms. The summed E-state index contributed by atoms with van der Waals surface area (Å²) >= 11 is 0. The van der Waals surface area contributed by atoms with Crippen LogP contribution in [-0.4, -0.2) is 28.2 Å². The molecule has 0 aliphatic rings. The van der Waals surface area contributed by atoms with Crippen molar-refractivity contribution in [2.24, 2.45) is 5.73 Å². The number of anilines is 1. The Bertz CT molecular complexity index is 380. The van der Waals surface area contributed by atoms with E-state index in [4.69, 9.17) is 10.8 Å². The fraction of sp³-hybridized carbons (Fsp3) is 0.200. The molecule has 1 rings (SSSR count). The molecule has 86 valence electrons. The third-order valence-electron chi connectivity index (χ3n) is 2.00. The largest absolute Gasteiger partial charge is 0.480 e. The maximum Gasteiger partial charge on any atom is 0.329 e. The molecule has 0 bridgehead atoms. The molecular formula is C10H12N2O4. The zero-order chi connectivity index (χ0) is 12.1. The number of nitrogens with two attached hydrogens (primary N) is 1. The summed E-state index contributed by atoms with van der Waals surface area (Å²) in [6.07, 6.45) is -0.458. The van der Waals surface area contributed by atoms with Gasteiger partial charge in [0.15, 0.2) is 6.04 Å². The smallest absolute Gasteiger partial charge is 0.329 e. The van der Waals surface area contributed by atoms with Gasteiger partial charge in [-0.1, -0.05) is 18.2 Å². The van der Waals surface area contributed by atoms with Gasteiger partial charge in [-0.15, -0.1) is 0 Å². The molecule has 1 atom stereocenters. The third kappa shape index (κ3) is 2.96. The molecule has 0 saturated carbocycles. The number of carboxylic acids is 1. The van der Waals surface area contributed by atoms with Crippen LogP contribution in [0.2, 0.25) is 0 Å². The number of aliphatic carboxylic acids is 1. The second kappa shape index (κ2) is 5.13. The van der Waals surface area contributed by atoms with Gasteiger partial charge in [0.2, 0.25) is 5.91 Å². The van der Waals surface area contributed by atoms with Crippen molar-refractivity contribution < 1.29 is 19.9 Å². The van der Waals surface area contributed by atoms with Crippen molar-refractivity contribution in [1.29, 1.82) is 0 Å². The predicted molar refractivity (Wildman–Crippen MR) is 55.9 cm³/mol. The zero-order valence-electron chi connectivity index (χ0n) is 8.41. The molecule has 1 aromatic carbocycles. The average Bonchev–Trinajstić information content (AvgIpc) is 2.25. The summed E-state index contributed by atoms with van der Waals surface area (Å²) in [6, 6.07) is 6.68. The summed E-state index contributed by atoms with van der Waals surface area (Å²) in [7, 11) is 0. The molecule has 1 amide bonds. The number of hydroxylamine groups is 1. The molecule has 6 heteroatoms. The van der Waals surface area contributed by atoms with Crippen molar-refractivity contribution in [3.8, 4) is 0 Å². The van der Waals surface area contributed by atoms with Crippen molar-refractivity contribution in [1.82, 2.24) is 0 Å². The van der Waals surface area contributed by atoms with Gasteiger partial charge in [0.05, 0.1) is 12.1 Å².